The second-order valence-electron chi connectivity index (χ2n) is 3.27. The largest absolute Gasteiger partial charge is 0.490 e. The number of ether oxygens (including phenoxy) is 2. The minimum absolute atomic E-state index is 0.0919. The van der Waals surface area contributed by atoms with E-state index in [0.29, 0.717) is 6.61 Å². The zero-order valence-electron chi connectivity index (χ0n) is 9.44. The summed E-state index contributed by atoms with van der Waals surface area (Å²) in [6.45, 7) is 2.57. The molecule has 4 heteroatoms. The van der Waals surface area contributed by atoms with Gasteiger partial charge in [-0.3, -0.25) is 4.79 Å². The molecule has 88 valence electrons. The number of hydrogen-bond acceptors (Lipinski definition) is 4. The second-order valence-corrected chi connectivity index (χ2v) is 3.27. The van der Waals surface area contributed by atoms with Gasteiger partial charge < -0.3 is 15.2 Å². The van der Waals surface area contributed by atoms with Crippen LogP contribution >= 0.6 is 0 Å². The number of nitrogens with two attached hydrogens (primary N) is 1. The molecule has 0 spiro atoms. The average Bonchev–Trinajstić information content (AvgIpc) is 2.34. The van der Waals surface area contributed by atoms with E-state index in [-0.39, 0.29) is 13.2 Å². The van der Waals surface area contributed by atoms with Gasteiger partial charge in [0, 0.05) is 0 Å². The molecular weight excluding hydrogens is 206 g/mol. The monoisotopic (exact) mass is 223 g/mol. The fourth-order valence-electron chi connectivity index (χ4n) is 1.23. The first-order valence-corrected chi connectivity index (χ1v) is 5.33. The average molecular weight is 223 g/mol. The molecule has 0 atom stereocenters. The van der Waals surface area contributed by atoms with Crippen LogP contribution in [0.1, 0.15) is 12.5 Å². The summed E-state index contributed by atoms with van der Waals surface area (Å²) < 4.78 is 10.2. The van der Waals surface area contributed by atoms with Gasteiger partial charge in [-0.15, -0.1) is 0 Å². The second kappa shape index (κ2) is 6.85. The van der Waals surface area contributed by atoms with Crippen molar-refractivity contribution in [3.63, 3.8) is 0 Å². The number of aryl methyl sites for hydroxylation is 1. The molecule has 0 saturated carbocycles. The number of carbonyl (C=O) groups excluding carboxylic acids is 1. The third-order valence-corrected chi connectivity index (χ3v) is 2.09. The predicted molar refractivity (Wildman–Crippen MR) is 61.3 cm³/mol. The van der Waals surface area contributed by atoms with Gasteiger partial charge in [0.05, 0.1) is 6.54 Å². The van der Waals surface area contributed by atoms with Crippen LogP contribution in [-0.4, -0.2) is 25.7 Å². The fraction of sp³-hybridized carbons (Fsp3) is 0.417. The smallest absolute Gasteiger partial charge is 0.319 e. The first kappa shape index (κ1) is 12.5. The van der Waals surface area contributed by atoms with Gasteiger partial charge in [0.1, 0.15) is 19.0 Å². The molecule has 0 aliphatic rings. The van der Waals surface area contributed by atoms with Gasteiger partial charge in [-0.25, -0.2) is 0 Å². The molecule has 4 nitrogen and oxygen atoms in total. The van der Waals surface area contributed by atoms with Crippen molar-refractivity contribution in [3.05, 3.63) is 29.8 Å². The van der Waals surface area contributed by atoms with Crippen LogP contribution in [0, 0.1) is 0 Å². The molecule has 16 heavy (non-hydrogen) atoms. The van der Waals surface area contributed by atoms with Crippen LogP contribution in [0.15, 0.2) is 24.3 Å². The Morgan fingerprint density at radius 2 is 2.19 bits per heavy atom. The van der Waals surface area contributed by atoms with Crippen LogP contribution in [0.4, 0.5) is 0 Å². The van der Waals surface area contributed by atoms with Crippen LogP contribution in [0.5, 0.6) is 5.75 Å². The number of esters is 1. The van der Waals surface area contributed by atoms with Gasteiger partial charge in [-0.2, -0.15) is 0 Å². The van der Waals surface area contributed by atoms with E-state index in [1.165, 1.54) is 5.56 Å². The van der Waals surface area contributed by atoms with Crippen molar-refractivity contribution in [2.45, 2.75) is 13.3 Å². The molecule has 0 aromatic heterocycles. The fourth-order valence-corrected chi connectivity index (χ4v) is 1.23. The summed E-state index contributed by atoms with van der Waals surface area (Å²) >= 11 is 0. The lowest BCUT2D eigenvalue weighted by atomic mass is 10.2. The maximum atomic E-state index is 10.7. The zero-order chi connectivity index (χ0) is 11.8. The third kappa shape index (κ3) is 4.31. The Morgan fingerprint density at radius 3 is 2.88 bits per heavy atom. The van der Waals surface area contributed by atoms with E-state index in [1.807, 2.05) is 24.3 Å². The molecule has 0 heterocycles. The van der Waals surface area contributed by atoms with Gasteiger partial charge in [0.2, 0.25) is 0 Å². The lowest BCUT2D eigenvalue weighted by Gasteiger charge is -2.07. The van der Waals surface area contributed by atoms with Crippen molar-refractivity contribution in [2.75, 3.05) is 19.8 Å². The summed E-state index contributed by atoms with van der Waals surface area (Å²) in [5.41, 5.74) is 6.31. The van der Waals surface area contributed by atoms with E-state index in [9.17, 15) is 4.79 Å². The summed E-state index contributed by atoms with van der Waals surface area (Å²) in [4.78, 5) is 10.7. The highest BCUT2D eigenvalue weighted by atomic mass is 16.6. The lowest BCUT2D eigenvalue weighted by molar-refractivity contribution is -0.142. The van der Waals surface area contributed by atoms with Crippen molar-refractivity contribution >= 4 is 5.97 Å². The minimum atomic E-state index is -0.411. The molecule has 1 aromatic carbocycles. The Labute approximate surface area is 95.3 Å². The molecule has 0 fully saturated rings. The SMILES string of the molecule is CCc1cccc(OCCOC(=O)CN)c1. The number of benzene rings is 1. The maximum absolute atomic E-state index is 10.7. The van der Waals surface area contributed by atoms with Crippen molar-refractivity contribution in [1.29, 1.82) is 0 Å². The zero-order valence-corrected chi connectivity index (χ0v) is 9.44. The van der Waals surface area contributed by atoms with Crippen molar-refractivity contribution in [1.82, 2.24) is 0 Å². The molecule has 0 saturated heterocycles. The molecule has 0 bridgehead atoms. The van der Waals surface area contributed by atoms with Crippen LogP contribution < -0.4 is 10.5 Å². The number of rotatable bonds is 6. The van der Waals surface area contributed by atoms with E-state index in [0.717, 1.165) is 12.2 Å². The normalized spacial score (nSPS) is 9.88. The standard InChI is InChI=1S/C12H17NO3/c1-2-10-4-3-5-11(8-10)15-6-7-16-12(14)9-13/h3-5,8H,2,6-7,9,13H2,1H3. The molecule has 1 aromatic rings. The molecule has 0 amide bonds. The summed E-state index contributed by atoms with van der Waals surface area (Å²) in [5, 5.41) is 0. The van der Waals surface area contributed by atoms with Gasteiger partial charge >= 0.3 is 5.97 Å². The van der Waals surface area contributed by atoms with Crippen LogP contribution in [0.25, 0.3) is 0 Å². The Bertz CT molecular complexity index is 339. The van der Waals surface area contributed by atoms with Gasteiger partial charge in [-0.1, -0.05) is 19.1 Å². The Morgan fingerprint density at radius 1 is 1.38 bits per heavy atom. The van der Waals surface area contributed by atoms with Crippen LogP contribution in [0.3, 0.4) is 0 Å². The van der Waals surface area contributed by atoms with Crippen molar-refractivity contribution in [3.8, 4) is 5.75 Å². The van der Waals surface area contributed by atoms with E-state index in [4.69, 9.17) is 15.2 Å². The van der Waals surface area contributed by atoms with Crippen molar-refractivity contribution < 1.29 is 14.3 Å². The Balaban J connectivity index is 2.28. The van der Waals surface area contributed by atoms with Crippen LogP contribution in [0.2, 0.25) is 0 Å². The topological polar surface area (TPSA) is 61.5 Å². The maximum Gasteiger partial charge on any atom is 0.319 e. The summed E-state index contributed by atoms with van der Waals surface area (Å²) in [7, 11) is 0. The van der Waals surface area contributed by atoms with E-state index < -0.39 is 5.97 Å². The summed E-state index contributed by atoms with van der Waals surface area (Å²) in [6, 6.07) is 7.84. The van der Waals surface area contributed by atoms with E-state index in [2.05, 4.69) is 6.92 Å². The first-order valence-electron chi connectivity index (χ1n) is 5.33. The quantitative estimate of drug-likeness (QED) is 0.580. The molecule has 1 rings (SSSR count). The lowest BCUT2D eigenvalue weighted by Crippen LogP contribution is -2.19. The highest BCUT2D eigenvalue weighted by molar-refractivity contribution is 5.71. The highest BCUT2D eigenvalue weighted by Gasteiger charge is 1.99. The molecular formula is C12H17NO3. The van der Waals surface area contributed by atoms with Gasteiger partial charge in [0.15, 0.2) is 0 Å². The Kier molecular flexibility index (Phi) is 5.36. The van der Waals surface area contributed by atoms with Gasteiger partial charge in [0.25, 0.3) is 0 Å². The summed E-state index contributed by atoms with van der Waals surface area (Å²) in [6.07, 6.45) is 0.972. The van der Waals surface area contributed by atoms with Gasteiger partial charge in [-0.05, 0) is 24.1 Å². The predicted octanol–water partition coefficient (Wildman–Crippen LogP) is 1.13. The number of carbonyl (C=O) groups is 1. The molecule has 2 N–H and O–H groups in total. The summed E-state index contributed by atoms with van der Waals surface area (Å²) in [5.74, 6) is 0.383. The Hall–Kier alpha value is -1.55. The number of hydrogen-bond donors (Lipinski definition) is 1. The highest BCUT2D eigenvalue weighted by Crippen LogP contribution is 2.13. The molecule has 0 aliphatic carbocycles. The molecule has 0 aliphatic heterocycles. The van der Waals surface area contributed by atoms with E-state index in [1.54, 1.807) is 0 Å². The molecule has 0 unspecified atom stereocenters. The van der Waals surface area contributed by atoms with Crippen molar-refractivity contribution in [2.24, 2.45) is 5.73 Å². The molecule has 0 radical (unpaired) electrons. The van der Waals surface area contributed by atoms with E-state index >= 15 is 0 Å². The minimum Gasteiger partial charge on any atom is -0.490 e. The first-order chi connectivity index (χ1) is 7.76. The third-order valence-electron chi connectivity index (χ3n) is 2.09. The van der Waals surface area contributed by atoms with Crippen LogP contribution in [-0.2, 0) is 16.0 Å².